The second-order valence-corrected chi connectivity index (χ2v) is 8.25. The van der Waals surface area contributed by atoms with E-state index in [-0.39, 0.29) is 16.9 Å². The van der Waals surface area contributed by atoms with E-state index in [0.717, 1.165) is 55.0 Å². The summed E-state index contributed by atoms with van der Waals surface area (Å²) in [4.78, 5) is 13.2. The number of hydrogen-bond acceptors (Lipinski definition) is 4. The first-order valence-corrected chi connectivity index (χ1v) is 10.4. The molecule has 0 radical (unpaired) electrons. The van der Waals surface area contributed by atoms with Crippen molar-refractivity contribution in [2.75, 3.05) is 11.0 Å². The lowest BCUT2D eigenvalue weighted by Gasteiger charge is -2.50. The molecule has 3 fully saturated rings. The van der Waals surface area contributed by atoms with E-state index in [2.05, 4.69) is 22.2 Å². The number of fused-ring (bicyclic) bond motifs is 4. The Morgan fingerprint density at radius 2 is 1.77 bits per heavy atom. The highest BCUT2D eigenvalue weighted by Crippen LogP contribution is 2.52. The number of hydrogen-bond donors (Lipinski definition) is 2. The lowest BCUT2D eigenvalue weighted by atomic mass is 9.58. The minimum Gasteiger partial charge on any atom is -0.347 e. The molecule has 3 aliphatic rings. The molecule has 0 heterocycles. The van der Waals surface area contributed by atoms with Gasteiger partial charge in [-0.2, -0.15) is 5.26 Å². The van der Waals surface area contributed by atoms with Gasteiger partial charge in [0.15, 0.2) is 0 Å². The third kappa shape index (κ3) is 2.83. The molecule has 4 nitrogen and oxygen atoms in total. The first-order chi connectivity index (χ1) is 12.6. The number of nitriles is 1. The molecule has 0 spiro atoms. The Bertz CT molecular complexity index is 877. The fraction of sp³-hybridized carbons (Fsp3) is 0.429. The lowest BCUT2D eigenvalue weighted by molar-refractivity contribution is 0.0522. The molecule has 3 saturated carbocycles. The molecule has 5 heteroatoms. The molecule has 3 aliphatic carbocycles. The Morgan fingerprint density at radius 3 is 2.42 bits per heavy atom. The summed E-state index contributed by atoms with van der Waals surface area (Å²) in [5, 5.41) is 15.0. The van der Waals surface area contributed by atoms with E-state index < -0.39 is 0 Å². The monoisotopic (exact) mass is 365 g/mol. The van der Waals surface area contributed by atoms with Crippen LogP contribution in [-0.4, -0.2) is 17.7 Å². The fourth-order valence-corrected chi connectivity index (χ4v) is 4.95. The van der Waals surface area contributed by atoms with E-state index in [1.165, 1.54) is 11.9 Å². The Labute approximate surface area is 158 Å². The summed E-state index contributed by atoms with van der Waals surface area (Å²) < 4.78 is 3.31. The van der Waals surface area contributed by atoms with Crippen molar-refractivity contribution in [3.05, 3.63) is 42.0 Å². The highest BCUT2D eigenvalue weighted by atomic mass is 32.2. The third-order valence-corrected chi connectivity index (χ3v) is 6.65. The second-order valence-electron chi connectivity index (χ2n) is 7.64. The summed E-state index contributed by atoms with van der Waals surface area (Å²) in [5.41, 5.74) is 1.29. The van der Waals surface area contributed by atoms with Crippen molar-refractivity contribution < 1.29 is 4.79 Å². The van der Waals surface area contributed by atoms with Crippen LogP contribution in [0.5, 0.6) is 0 Å². The maximum Gasteiger partial charge on any atom is 0.253 e. The third-order valence-electron chi connectivity index (χ3n) is 6.24. The number of nitrogens with zero attached hydrogens (tertiary/aromatic N) is 1. The van der Waals surface area contributed by atoms with Crippen LogP contribution in [-0.2, 0) is 0 Å². The Morgan fingerprint density at radius 1 is 1.08 bits per heavy atom. The minimum absolute atomic E-state index is 0.0151. The van der Waals surface area contributed by atoms with E-state index in [4.69, 9.17) is 0 Å². The SMILES string of the molecule is CSNc1c(C(=O)NC23CCC(C#N)(CC2)CC3)ccc2ccccc12. The van der Waals surface area contributed by atoms with Crippen LogP contribution in [0.15, 0.2) is 36.4 Å². The normalized spacial score (nSPS) is 27.1. The van der Waals surface area contributed by atoms with Crippen molar-refractivity contribution >= 4 is 34.3 Å². The van der Waals surface area contributed by atoms with Crippen molar-refractivity contribution in [2.45, 2.75) is 44.1 Å². The van der Waals surface area contributed by atoms with E-state index in [1.54, 1.807) is 0 Å². The highest BCUT2D eigenvalue weighted by molar-refractivity contribution is 7.99. The molecule has 0 aromatic heterocycles. The first-order valence-electron chi connectivity index (χ1n) is 9.15. The van der Waals surface area contributed by atoms with E-state index in [9.17, 15) is 10.1 Å². The topological polar surface area (TPSA) is 64.9 Å². The molecular formula is C21H23N3OS. The summed E-state index contributed by atoms with van der Waals surface area (Å²) >= 11 is 1.50. The van der Waals surface area contributed by atoms with Crippen LogP contribution in [0, 0.1) is 16.7 Å². The van der Waals surface area contributed by atoms with Gasteiger partial charge in [0.25, 0.3) is 5.91 Å². The first kappa shape index (κ1) is 17.2. The Hall–Kier alpha value is -2.19. The van der Waals surface area contributed by atoms with Gasteiger partial charge in [-0.3, -0.25) is 4.79 Å². The van der Waals surface area contributed by atoms with Crippen molar-refractivity contribution in [2.24, 2.45) is 5.41 Å². The molecule has 2 aromatic rings. The van der Waals surface area contributed by atoms with Gasteiger partial charge in [0.05, 0.1) is 22.7 Å². The molecule has 2 bridgehead atoms. The summed E-state index contributed by atoms with van der Waals surface area (Å²) in [6.07, 6.45) is 7.39. The van der Waals surface area contributed by atoms with E-state index in [1.807, 2.05) is 36.6 Å². The number of carbonyl (C=O) groups is 1. The molecule has 0 saturated heterocycles. The van der Waals surface area contributed by atoms with Crippen molar-refractivity contribution in [3.8, 4) is 6.07 Å². The number of rotatable bonds is 4. The number of carbonyl (C=O) groups excluding carboxylic acids is 1. The van der Waals surface area contributed by atoms with Crippen LogP contribution < -0.4 is 10.0 Å². The molecule has 0 atom stereocenters. The minimum atomic E-state index is -0.141. The fourth-order valence-electron chi connectivity index (χ4n) is 4.52. The van der Waals surface area contributed by atoms with Gasteiger partial charge in [-0.15, -0.1) is 0 Å². The van der Waals surface area contributed by atoms with E-state index >= 15 is 0 Å². The van der Waals surface area contributed by atoms with Crippen molar-refractivity contribution in [1.29, 1.82) is 5.26 Å². The molecule has 26 heavy (non-hydrogen) atoms. The molecule has 0 unspecified atom stereocenters. The van der Waals surface area contributed by atoms with E-state index in [0.29, 0.717) is 5.56 Å². The molecule has 1 amide bonds. The Kier molecular flexibility index (Phi) is 4.32. The predicted molar refractivity (Wildman–Crippen MR) is 107 cm³/mol. The number of nitrogens with one attached hydrogen (secondary N) is 2. The lowest BCUT2D eigenvalue weighted by Crippen LogP contribution is -2.56. The molecule has 5 rings (SSSR count). The smallest absolute Gasteiger partial charge is 0.253 e. The largest absolute Gasteiger partial charge is 0.347 e. The average molecular weight is 366 g/mol. The summed E-state index contributed by atoms with van der Waals surface area (Å²) in [5.74, 6) is -0.0151. The van der Waals surface area contributed by atoms with Gasteiger partial charge in [0.2, 0.25) is 0 Å². The van der Waals surface area contributed by atoms with Gasteiger partial charge in [0.1, 0.15) is 0 Å². The highest BCUT2D eigenvalue weighted by Gasteiger charge is 2.49. The molecule has 0 aliphatic heterocycles. The van der Waals surface area contributed by atoms with Crippen LogP contribution >= 0.6 is 11.9 Å². The molecule has 2 aromatic carbocycles. The van der Waals surface area contributed by atoms with Crippen LogP contribution in [0.3, 0.4) is 0 Å². The zero-order valence-electron chi connectivity index (χ0n) is 15.0. The zero-order chi connectivity index (χ0) is 18.2. The summed E-state index contributed by atoms with van der Waals surface area (Å²) in [6.45, 7) is 0. The molecule has 134 valence electrons. The van der Waals surface area contributed by atoms with Crippen LogP contribution in [0.1, 0.15) is 48.9 Å². The summed E-state index contributed by atoms with van der Waals surface area (Å²) in [7, 11) is 0. The van der Waals surface area contributed by atoms with Gasteiger partial charge in [-0.05, 0) is 50.0 Å². The number of amides is 1. The second kappa shape index (κ2) is 6.51. The number of anilines is 1. The maximum atomic E-state index is 13.2. The average Bonchev–Trinajstić information content (AvgIpc) is 2.69. The van der Waals surface area contributed by atoms with Crippen LogP contribution in [0.25, 0.3) is 10.8 Å². The number of benzene rings is 2. The van der Waals surface area contributed by atoms with Gasteiger partial charge in [-0.1, -0.05) is 42.3 Å². The van der Waals surface area contributed by atoms with Crippen LogP contribution in [0.4, 0.5) is 5.69 Å². The molecular weight excluding hydrogens is 342 g/mol. The maximum absolute atomic E-state index is 13.2. The predicted octanol–water partition coefficient (Wildman–Crippen LogP) is 4.88. The standard InChI is InChI=1S/C21H23N3OS/c1-26-24-18-16-5-3-2-4-15(16)6-7-17(18)19(25)23-21-11-8-20(14-22,9-12-21)10-13-21/h2-7,24H,8-13H2,1H3,(H,23,25). The van der Waals surface area contributed by atoms with Crippen molar-refractivity contribution in [1.82, 2.24) is 5.32 Å². The summed E-state index contributed by atoms with van der Waals surface area (Å²) in [6, 6.07) is 14.6. The quantitative estimate of drug-likeness (QED) is 0.758. The van der Waals surface area contributed by atoms with Gasteiger partial charge >= 0.3 is 0 Å². The van der Waals surface area contributed by atoms with Crippen LogP contribution in [0.2, 0.25) is 0 Å². The molecule has 2 N–H and O–H groups in total. The van der Waals surface area contributed by atoms with Gasteiger partial charge < -0.3 is 10.0 Å². The zero-order valence-corrected chi connectivity index (χ0v) is 15.8. The van der Waals surface area contributed by atoms with Crippen molar-refractivity contribution in [3.63, 3.8) is 0 Å². The van der Waals surface area contributed by atoms with Gasteiger partial charge in [-0.25, -0.2) is 0 Å². The Balaban J connectivity index is 1.63. The van der Waals surface area contributed by atoms with Gasteiger partial charge in [0, 0.05) is 17.2 Å².